The maximum atomic E-state index is 10.9. The van der Waals surface area contributed by atoms with Gasteiger partial charge in [-0.15, -0.1) is 0 Å². The first-order valence-corrected chi connectivity index (χ1v) is 6.69. The monoisotopic (exact) mass is 262 g/mol. The molecule has 2 fully saturated rings. The summed E-state index contributed by atoms with van der Waals surface area (Å²) in [5.74, 6) is 0.818. The van der Waals surface area contributed by atoms with Crippen molar-refractivity contribution in [3.8, 4) is 5.75 Å². The molecule has 0 aromatic heterocycles. The number of hydrogen-bond acceptors (Lipinski definition) is 4. The zero-order valence-electron chi connectivity index (χ0n) is 10.7. The minimum Gasteiger partial charge on any atom is -0.490 e. The van der Waals surface area contributed by atoms with E-state index in [1.54, 1.807) is 0 Å². The standard InChI is InChI=1S/C14H18N2O3/c17-14-16-8-13(19-14)9-18-12-3-1-2-10(6-12)7-15-11-4-5-11/h1-3,6,11,13,15H,4-5,7-9H2,(H,16,17). The minimum absolute atomic E-state index is 0.194. The van der Waals surface area contributed by atoms with Crippen molar-refractivity contribution >= 4 is 6.09 Å². The van der Waals surface area contributed by atoms with Crippen LogP contribution in [0.2, 0.25) is 0 Å². The average molecular weight is 262 g/mol. The van der Waals surface area contributed by atoms with E-state index in [0.29, 0.717) is 19.2 Å². The van der Waals surface area contributed by atoms with Crippen LogP contribution in [0.15, 0.2) is 24.3 Å². The molecule has 1 aliphatic heterocycles. The van der Waals surface area contributed by atoms with E-state index in [1.165, 1.54) is 18.4 Å². The van der Waals surface area contributed by atoms with Gasteiger partial charge in [0.05, 0.1) is 6.54 Å². The Balaban J connectivity index is 1.49. The summed E-state index contributed by atoms with van der Waals surface area (Å²) in [5.41, 5.74) is 1.21. The molecule has 102 valence electrons. The lowest BCUT2D eigenvalue weighted by Gasteiger charge is -2.11. The molecule has 0 spiro atoms. The average Bonchev–Trinajstić information content (AvgIpc) is 3.16. The minimum atomic E-state index is -0.365. The molecule has 5 nitrogen and oxygen atoms in total. The van der Waals surface area contributed by atoms with Crippen LogP contribution in [-0.2, 0) is 11.3 Å². The Labute approximate surface area is 112 Å². The molecule has 5 heteroatoms. The zero-order valence-corrected chi connectivity index (χ0v) is 10.7. The highest BCUT2D eigenvalue weighted by Crippen LogP contribution is 2.20. The van der Waals surface area contributed by atoms with Gasteiger partial charge >= 0.3 is 6.09 Å². The van der Waals surface area contributed by atoms with E-state index < -0.39 is 0 Å². The van der Waals surface area contributed by atoms with Gasteiger partial charge < -0.3 is 20.1 Å². The summed E-state index contributed by atoms with van der Waals surface area (Å²) >= 11 is 0. The third-order valence-corrected chi connectivity index (χ3v) is 3.25. The normalized spacial score (nSPS) is 21.9. The number of carbonyl (C=O) groups is 1. The van der Waals surface area contributed by atoms with Crippen LogP contribution in [-0.4, -0.2) is 31.4 Å². The van der Waals surface area contributed by atoms with Crippen LogP contribution in [0.1, 0.15) is 18.4 Å². The molecule has 0 bridgehead atoms. The van der Waals surface area contributed by atoms with Gasteiger partial charge in [-0.05, 0) is 30.5 Å². The first kappa shape index (κ1) is 12.3. The lowest BCUT2D eigenvalue weighted by atomic mass is 10.2. The lowest BCUT2D eigenvalue weighted by Crippen LogP contribution is -2.22. The molecule has 1 aliphatic carbocycles. The molecule has 19 heavy (non-hydrogen) atoms. The summed E-state index contributed by atoms with van der Waals surface area (Å²) in [6, 6.07) is 8.72. The van der Waals surface area contributed by atoms with Crippen LogP contribution in [0.4, 0.5) is 4.79 Å². The number of alkyl carbamates (subject to hydrolysis) is 1. The molecular weight excluding hydrogens is 244 g/mol. The Morgan fingerprint density at radius 2 is 2.32 bits per heavy atom. The number of cyclic esters (lactones) is 1. The van der Waals surface area contributed by atoms with Crippen molar-refractivity contribution in [3.05, 3.63) is 29.8 Å². The molecule has 2 aliphatic rings. The fourth-order valence-electron chi connectivity index (χ4n) is 2.01. The molecule has 2 N–H and O–H groups in total. The van der Waals surface area contributed by atoms with Crippen molar-refractivity contribution in [2.45, 2.75) is 31.5 Å². The summed E-state index contributed by atoms with van der Waals surface area (Å²) in [7, 11) is 0. The van der Waals surface area contributed by atoms with Crippen LogP contribution in [0.25, 0.3) is 0 Å². The smallest absolute Gasteiger partial charge is 0.407 e. The third kappa shape index (κ3) is 3.61. The number of rotatable bonds is 6. The second-order valence-corrected chi connectivity index (χ2v) is 5.02. The van der Waals surface area contributed by atoms with Gasteiger partial charge in [0.25, 0.3) is 0 Å². The fourth-order valence-corrected chi connectivity index (χ4v) is 2.01. The molecule has 3 rings (SSSR count). The molecule has 1 amide bonds. The topological polar surface area (TPSA) is 59.6 Å². The second kappa shape index (κ2) is 5.48. The van der Waals surface area contributed by atoms with Gasteiger partial charge in [0.2, 0.25) is 0 Å². The maximum absolute atomic E-state index is 10.9. The summed E-state index contributed by atoms with van der Waals surface area (Å²) in [6.07, 6.45) is 2.02. The third-order valence-electron chi connectivity index (χ3n) is 3.25. The highest BCUT2D eigenvalue weighted by molar-refractivity contribution is 5.69. The second-order valence-electron chi connectivity index (χ2n) is 5.02. The van der Waals surface area contributed by atoms with Gasteiger partial charge in [0.1, 0.15) is 12.4 Å². The molecule has 0 radical (unpaired) electrons. The van der Waals surface area contributed by atoms with Crippen molar-refractivity contribution in [2.24, 2.45) is 0 Å². The Morgan fingerprint density at radius 3 is 3.05 bits per heavy atom. The van der Waals surface area contributed by atoms with E-state index in [9.17, 15) is 4.79 Å². The van der Waals surface area contributed by atoms with Crippen LogP contribution < -0.4 is 15.4 Å². The molecule has 1 aromatic rings. The Morgan fingerprint density at radius 1 is 1.42 bits per heavy atom. The van der Waals surface area contributed by atoms with E-state index in [1.807, 2.05) is 18.2 Å². The first-order chi connectivity index (χ1) is 9.29. The number of amides is 1. The maximum Gasteiger partial charge on any atom is 0.407 e. The summed E-state index contributed by atoms with van der Waals surface area (Å²) < 4.78 is 10.7. The first-order valence-electron chi connectivity index (χ1n) is 6.69. The van der Waals surface area contributed by atoms with Gasteiger partial charge in [0.15, 0.2) is 6.10 Å². The SMILES string of the molecule is O=C1NCC(COc2cccc(CNC3CC3)c2)O1. The zero-order chi connectivity index (χ0) is 13.1. The number of ether oxygens (including phenoxy) is 2. The summed E-state index contributed by atoms with van der Waals surface area (Å²) in [4.78, 5) is 10.9. The van der Waals surface area contributed by atoms with Crippen LogP contribution in [0.5, 0.6) is 5.75 Å². The van der Waals surface area contributed by atoms with E-state index in [2.05, 4.69) is 16.7 Å². The van der Waals surface area contributed by atoms with E-state index in [4.69, 9.17) is 9.47 Å². The molecular formula is C14H18N2O3. The van der Waals surface area contributed by atoms with Gasteiger partial charge in [0, 0.05) is 12.6 Å². The largest absolute Gasteiger partial charge is 0.490 e. The van der Waals surface area contributed by atoms with Gasteiger partial charge in [-0.2, -0.15) is 0 Å². The molecule has 1 atom stereocenters. The predicted molar refractivity (Wildman–Crippen MR) is 70.1 cm³/mol. The Kier molecular flexibility index (Phi) is 3.55. The quantitative estimate of drug-likeness (QED) is 0.814. The van der Waals surface area contributed by atoms with Crippen LogP contribution >= 0.6 is 0 Å². The molecule has 1 saturated carbocycles. The van der Waals surface area contributed by atoms with Crippen molar-refractivity contribution < 1.29 is 14.3 Å². The highest BCUT2D eigenvalue weighted by atomic mass is 16.6. The van der Waals surface area contributed by atoms with Gasteiger partial charge in [-0.1, -0.05) is 12.1 Å². The summed E-state index contributed by atoms with van der Waals surface area (Å²) in [5, 5.41) is 6.07. The Bertz CT molecular complexity index is 460. The van der Waals surface area contributed by atoms with E-state index >= 15 is 0 Å². The molecule has 1 aromatic carbocycles. The number of nitrogens with one attached hydrogen (secondary N) is 2. The molecule has 1 heterocycles. The highest BCUT2D eigenvalue weighted by Gasteiger charge is 2.23. The predicted octanol–water partition coefficient (Wildman–Crippen LogP) is 1.43. The number of carbonyl (C=O) groups excluding carboxylic acids is 1. The molecule has 1 saturated heterocycles. The van der Waals surface area contributed by atoms with Gasteiger partial charge in [-0.25, -0.2) is 4.79 Å². The number of benzene rings is 1. The van der Waals surface area contributed by atoms with Crippen molar-refractivity contribution in [1.29, 1.82) is 0 Å². The van der Waals surface area contributed by atoms with Crippen molar-refractivity contribution in [2.75, 3.05) is 13.2 Å². The van der Waals surface area contributed by atoms with Crippen LogP contribution in [0.3, 0.4) is 0 Å². The van der Waals surface area contributed by atoms with E-state index in [0.717, 1.165) is 12.3 Å². The van der Waals surface area contributed by atoms with Crippen LogP contribution in [0, 0.1) is 0 Å². The lowest BCUT2D eigenvalue weighted by molar-refractivity contribution is 0.105. The van der Waals surface area contributed by atoms with Crippen molar-refractivity contribution in [1.82, 2.24) is 10.6 Å². The fraction of sp³-hybridized carbons (Fsp3) is 0.500. The Hall–Kier alpha value is -1.75. The molecule has 1 unspecified atom stereocenters. The summed E-state index contributed by atoms with van der Waals surface area (Å²) in [6.45, 7) is 1.78. The van der Waals surface area contributed by atoms with E-state index in [-0.39, 0.29) is 12.2 Å². The van der Waals surface area contributed by atoms with Gasteiger partial charge in [-0.3, -0.25) is 0 Å². The number of hydrogen-bond donors (Lipinski definition) is 2. The van der Waals surface area contributed by atoms with Crippen molar-refractivity contribution in [3.63, 3.8) is 0 Å².